The topological polar surface area (TPSA) is 0 Å². The molecule has 3 rings (SSSR count). The third-order valence-electron chi connectivity index (χ3n) is 4.33. The molecule has 0 saturated heterocycles. The van der Waals surface area contributed by atoms with E-state index in [2.05, 4.69) is 19.1 Å². The minimum Gasteiger partial charge on any atom is -0.0845 e. The molecular weight excluding hydrogens is 168 g/mol. The van der Waals surface area contributed by atoms with Gasteiger partial charge in [-0.2, -0.15) is 0 Å². The molecule has 0 amide bonds. The Labute approximate surface area is 87.1 Å². The number of allylic oxidation sites excluding steroid dienone is 4. The molecule has 0 aliphatic heterocycles. The lowest BCUT2D eigenvalue weighted by atomic mass is 9.81. The standard InChI is InChI=1S/C14H20/c1-10-3-2-4-12(7-10)14-9-11-5-6-13(14)8-11/h5-6,10-11,13H,2-4,7-9H2,1H3. The predicted octanol–water partition coefficient (Wildman–Crippen LogP) is 4.09. The highest BCUT2D eigenvalue weighted by atomic mass is 14.4. The monoisotopic (exact) mass is 188 g/mol. The van der Waals surface area contributed by atoms with Gasteiger partial charge in [0, 0.05) is 0 Å². The molecule has 0 heteroatoms. The van der Waals surface area contributed by atoms with Crippen molar-refractivity contribution in [1.82, 2.24) is 0 Å². The van der Waals surface area contributed by atoms with Crippen molar-refractivity contribution < 1.29 is 0 Å². The molecule has 3 aliphatic carbocycles. The van der Waals surface area contributed by atoms with E-state index < -0.39 is 0 Å². The SMILES string of the molecule is CC1CCCC(=C2CC3C=CC2C3)C1. The average molecular weight is 188 g/mol. The van der Waals surface area contributed by atoms with Crippen molar-refractivity contribution >= 4 is 0 Å². The maximum Gasteiger partial charge on any atom is -0.00146 e. The Bertz CT molecular complexity index is 295. The van der Waals surface area contributed by atoms with Gasteiger partial charge in [-0.05, 0) is 49.9 Å². The lowest BCUT2D eigenvalue weighted by molar-refractivity contribution is 0.446. The minimum atomic E-state index is 0.861. The van der Waals surface area contributed by atoms with Gasteiger partial charge in [0.15, 0.2) is 0 Å². The molecule has 3 unspecified atom stereocenters. The smallest absolute Gasteiger partial charge is 0.00146 e. The number of rotatable bonds is 0. The van der Waals surface area contributed by atoms with Crippen LogP contribution in [0.1, 0.15) is 45.4 Å². The summed E-state index contributed by atoms with van der Waals surface area (Å²) in [7, 11) is 0. The van der Waals surface area contributed by atoms with Gasteiger partial charge in [-0.25, -0.2) is 0 Å². The van der Waals surface area contributed by atoms with Crippen LogP contribution in [0, 0.1) is 17.8 Å². The van der Waals surface area contributed by atoms with Gasteiger partial charge in [-0.3, -0.25) is 0 Å². The van der Waals surface area contributed by atoms with Crippen molar-refractivity contribution in [3.05, 3.63) is 23.3 Å². The highest BCUT2D eigenvalue weighted by molar-refractivity contribution is 5.32. The summed E-state index contributed by atoms with van der Waals surface area (Å²) in [5, 5.41) is 0. The summed E-state index contributed by atoms with van der Waals surface area (Å²) in [6, 6.07) is 0. The van der Waals surface area contributed by atoms with E-state index in [9.17, 15) is 0 Å². The van der Waals surface area contributed by atoms with Crippen molar-refractivity contribution in [3.63, 3.8) is 0 Å². The second-order valence-corrected chi connectivity index (χ2v) is 5.52. The lowest BCUT2D eigenvalue weighted by Gasteiger charge is -2.25. The van der Waals surface area contributed by atoms with Crippen LogP contribution in [0.25, 0.3) is 0 Å². The second kappa shape index (κ2) is 3.25. The fourth-order valence-corrected chi connectivity index (χ4v) is 3.61. The van der Waals surface area contributed by atoms with E-state index >= 15 is 0 Å². The molecule has 0 aromatic carbocycles. The van der Waals surface area contributed by atoms with E-state index in [4.69, 9.17) is 0 Å². The highest BCUT2D eigenvalue weighted by Gasteiger charge is 2.33. The highest BCUT2D eigenvalue weighted by Crippen LogP contribution is 2.47. The molecule has 2 bridgehead atoms. The first-order valence-corrected chi connectivity index (χ1v) is 6.22. The van der Waals surface area contributed by atoms with Crippen molar-refractivity contribution in [2.75, 3.05) is 0 Å². The third-order valence-corrected chi connectivity index (χ3v) is 4.33. The quantitative estimate of drug-likeness (QED) is 0.502. The molecule has 0 spiro atoms. The van der Waals surface area contributed by atoms with E-state index in [1.54, 1.807) is 0 Å². The van der Waals surface area contributed by atoms with Crippen LogP contribution >= 0.6 is 0 Å². The Morgan fingerprint density at radius 3 is 2.79 bits per heavy atom. The van der Waals surface area contributed by atoms with Crippen molar-refractivity contribution in [3.8, 4) is 0 Å². The van der Waals surface area contributed by atoms with E-state index in [1.165, 1.54) is 38.5 Å². The van der Waals surface area contributed by atoms with Gasteiger partial charge in [-0.1, -0.05) is 36.6 Å². The lowest BCUT2D eigenvalue weighted by Crippen LogP contribution is -2.08. The first-order chi connectivity index (χ1) is 6.83. The van der Waals surface area contributed by atoms with Gasteiger partial charge in [0.05, 0.1) is 0 Å². The second-order valence-electron chi connectivity index (χ2n) is 5.52. The Balaban J connectivity index is 1.85. The zero-order valence-corrected chi connectivity index (χ0v) is 9.13. The van der Waals surface area contributed by atoms with Gasteiger partial charge < -0.3 is 0 Å². The van der Waals surface area contributed by atoms with Gasteiger partial charge in [0.25, 0.3) is 0 Å². The fourth-order valence-electron chi connectivity index (χ4n) is 3.61. The molecule has 3 atom stereocenters. The average Bonchev–Trinajstić information content (AvgIpc) is 2.78. The fraction of sp³-hybridized carbons (Fsp3) is 0.714. The number of fused-ring (bicyclic) bond motifs is 2. The number of hydrogen-bond donors (Lipinski definition) is 0. The molecule has 0 heterocycles. The Hall–Kier alpha value is -0.520. The molecule has 0 aromatic heterocycles. The molecule has 0 radical (unpaired) electrons. The molecule has 14 heavy (non-hydrogen) atoms. The summed E-state index contributed by atoms with van der Waals surface area (Å²) in [6.07, 6.45) is 13.5. The van der Waals surface area contributed by atoms with Crippen molar-refractivity contribution in [1.29, 1.82) is 0 Å². The normalized spacial score (nSPS) is 46.2. The molecule has 0 N–H and O–H groups in total. The van der Waals surface area contributed by atoms with Gasteiger partial charge in [-0.15, -0.1) is 0 Å². The van der Waals surface area contributed by atoms with Crippen molar-refractivity contribution in [2.45, 2.75) is 45.4 Å². The molecule has 2 fully saturated rings. The molecule has 76 valence electrons. The summed E-state index contributed by atoms with van der Waals surface area (Å²) in [5.74, 6) is 2.73. The van der Waals surface area contributed by atoms with Gasteiger partial charge >= 0.3 is 0 Å². The maximum atomic E-state index is 2.47. The Morgan fingerprint density at radius 2 is 2.14 bits per heavy atom. The summed E-state index contributed by atoms with van der Waals surface area (Å²) < 4.78 is 0. The Morgan fingerprint density at radius 1 is 1.21 bits per heavy atom. The first kappa shape index (κ1) is 8.76. The predicted molar refractivity (Wildman–Crippen MR) is 60.0 cm³/mol. The molecule has 2 saturated carbocycles. The van der Waals surface area contributed by atoms with Gasteiger partial charge in [0.2, 0.25) is 0 Å². The zero-order chi connectivity index (χ0) is 9.54. The van der Waals surface area contributed by atoms with E-state index in [0.717, 1.165) is 17.8 Å². The van der Waals surface area contributed by atoms with E-state index in [1.807, 2.05) is 11.1 Å². The van der Waals surface area contributed by atoms with E-state index in [0.29, 0.717) is 0 Å². The van der Waals surface area contributed by atoms with Crippen LogP contribution in [-0.4, -0.2) is 0 Å². The third kappa shape index (κ3) is 1.36. The molecule has 3 aliphatic rings. The van der Waals surface area contributed by atoms with Gasteiger partial charge in [0.1, 0.15) is 0 Å². The Kier molecular flexibility index (Phi) is 2.04. The summed E-state index contributed by atoms with van der Waals surface area (Å²) in [5.41, 5.74) is 3.70. The molecule has 0 nitrogen and oxygen atoms in total. The van der Waals surface area contributed by atoms with Crippen LogP contribution in [0.2, 0.25) is 0 Å². The van der Waals surface area contributed by atoms with Crippen LogP contribution in [0.5, 0.6) is 0 Å². The van der Waals surface area contributed by atoms with E-state index in [-0.39, 0.29) is 0 Å². The van der Waals surface area contributed by atoms with Crippen molar-refractivity contribution in [2.24, 2.45) is 17.8 Å². The van der Waals surface area contributed by atoms with Crippen LogP contribution in [0.4, 0.5) is 0 Å². The zero-order valence-electron chi connectivity index (χ0n) is 9.13. The number of hydrogen-bond acceptors (Lipinski definition) is 0. The van der Waals surface area contributed by atoms with Crippen LogP contribution in [0.3, 0.4) is 0 Å². The minimum absolute atomic E-state index is 0.861. The van der Waals surface area contributed by atoms with Crippen LogP contribution in [0.15, 0.2) is 23.3 Å². The van der Waals surface area contributed by atoms with Crippen LogP contribution in [-0.2, 0) is 0 Å². The summed E-state index contributed by atoms with van der Waals surface area (Å²) in [6.45, 7) is 2.42. The maximum absolute atomic E-state index is 2.47. The molecular formula is C14H20. The molecule has 0 aromatic rings. The summed E-state index contributed by atoms with van der Waals surface area (Å²) >= 11 is 0. The first-order valence-electron chi connectivity index (χ1n) is 6.22. The largest absolute Gasteiger partial charge is 0.0845 e. The van der Waals surface area contributed by atoms with Crippen LogP contribution < -0.4 is 0 Å². The summed E-state index contributed by atoms with van der Waals surface area (Å²) in [4.78, 5) is 0.